The third-order valence-corrected chi connectivity index (χ3v) is 5.74. The van der Waals surface area contributed by atoms with Crippen LogP contribution in [0, 0.1) is 0 Å². The molecule has 146 valence electrons. The fourth-order valence-corrected chi connectivity index (χ4v) is 3.78. The molecule has 4 rings (SSSR count). The lowest BCUT2D eigenvalue weighted by Gasteiger charge is -2.09. The summed E-state index contributed by atoms with van der Waals surface area (Å²) in [5, 5.41) is 12.4. The van der Waals surface area contributed by atoms with Crippen molar-refractivity contribution in [2.45, 2.75) is 50.2 Å². The van der Waals surface area contributed by atoms with Crippen molar-refractivity contribution < 1.29 is 9.21 Å². The van der Waals surface area contributed by atoms with E-state index in [1.54, 1.807) is 6.26 Å². The molecular weight excluding hydrogens is 372 g/mol. The van der Waals surface area contributed by atoms with Crippen molar-refractivity contribution in [1.29, 1.82) is 0 Å². The normalized spacial score (nSPS) is 13.8. The Morgan fingerprint density at radius 2 is 2.04 bits per heavy atom. The standard InChI is InChI=1S/C21H24N4O2S/c1-14(2)15-7-9-17(10-8-15)22-19(26)13-28-21-24-23-20(16-5-6-16)25(21)12-18-4-3-11-27-18/h3-4,7-11,14,16H,5-6,12-13H2,1-2H3,(H,22,26). The largest absolute Gasteiger partial charge is 0.467 e. The zero-order chi connectivity index (χ0) is 19.5. The van der Waals surface area contributed by atoms with Crippen LogP contribution in [-0.2, 0) is 11.3 Å². The average molecular weight is 397 g/mol. The van der Waals surface area contributed by atoms with Gasteiger partial charge in [0.25, 0.3) is 0 Å². The number of aromatic nitrogens is 3. The molecule has 0 radical (unpaired) electrons. The van der Waals surface area contributed by atoms with Crippen LogP contribution in [0.2, 0.25) is 0 Å². The van der Waals surface area contributed by atoms with Crippen molar-refractivity contribution >= 4 is 23.4 Å². The minimum atomic E-state index is -0.0529. The minimum absolute atomic E-state index is 0.0529. The summed E-state index contributed by atoms with van der Waals surface area (Å²) in [5.41, 5.74) is 2.07. The van der Waals surface area contributed by atoms with Crippen LogP contribution in [0.1, 0.15) is 55.7 Å². The van der Waals surface area contributed by atoms with Crippen molar-refractivity contribution in [3.8, 4) is 0 Å². The smallest absolute Gasteiger partial charge is 0.234 e. The van der Waals surface area contributed by atoms with Crippen LogP contribution in [0.15, 0.2) is 52.2 Å². The van der Waals surface area contributed by atoms with Gasteiger partial charge in [0.15, 0.2) is 5.16 Å². The molecule has 0 unspecified atom stereocenters. The van der Waals surface area contributed by atoms with E-state index >= 15 is 0 Å². The SMILES string of the molecule is CC(C)c1ccc(NC(=O)CSc2nnc(C3CC3)n2Cc2ccco2)cc1. The molecule has 1 aliphatic carbocycles. The van der Waals surface area contributed by atoms with Crippen molar-refractivity contribution in [2.24, 2.45) is 0 Å². The maximum absolute atomic E-state index is 12.4. The third-order valence-electron chi connectivity index (χ3n) is 4.78. The summed E-state index contributed by atoms with van der Waals surface area (Å²) in [7, 11) is 0. The van der Waals surface area contributed by atoms with Crippen LogP contribution in [0.4, 0.5) is 5.69 Å². The van der Waals surface area contributed by atoms with E-state index in [4.69, 9.17) is 4.42 Å². The predicted molar refractivity (Wildman–Crippen MR) is 110 cm³/mol. The topological polar surface area (TPSA) is 73.0 Å². The van der Waals surface area contributed by atoms with E-state index in [1.807, 2.05) is 24.3 Å². The van der Waals surface area contributed by atoms with Gasteiger partial charge in [0.05, 0.1) is 18.6 Å². The monoisotopic (exact) mass is 396 g/mol. The van der Waals surface area contributed by atoms with E-state index in [9.17, 15) is 4.79 Å². The first-order chi connectivity index (χ1) is 13.6. The number of hydrogen-bond acceptors (Lipinski definition) is 5. The van der Waals surface area contributed by atoms with E-state index < -0.39 is 0 Å². The number of carbonyl (C=O) groups excluding carboxylic acids is 1. The second kappa shape index (κ2) is 8.22. The lowest BCUT2D eigenvalue weighted by atomic mass is 10.0. The molecule has 1 aromatic carbocycles. The number of carbonyl (C=O) groups is 1. The predicted octanol–water partition coefficient (Wildman–Crippen LogP) is 4.65. The first-order valence-corrected chi connectivity index (χ1v) is 10.6. The number of nitrogens with one attached hydrogen (secondary N) is 1. The average Bonchev–Trinajstić information content (AvgIpc) is 3.24. The Morgan fingerprint density at radius 3 is 2.68 bits per heavy atom. The lowest BCUT2D eigenvalue weighted by Crippen LogP contribution is -2.15. The van der Waals surface area contributed by atoms with Gasteiger partial charge in [-0.2, -0.15) is 0 Å². The van der Waals surface area contributed by atoms with Crippen LogP contribution >= 0.6 is 11.8 Å². The first kappa shape index (κ1) is 18.8. The first-order valence-electron chi connectivity index (χ1n) is 9.58. The van der Waals surface area contributed by atoms with Crippen LogP contribution in [0.5, 0.6) is 0 Å². The molecule has 1 aliphatic rings. The number of thioether (sulfide) groups is 1. The van der Waals surface area contributed by atoms with Gasteiger partial charge in [0, 0.05) is 11.6 Å². The summed E-state index contributed by atoms with van der Waals surface area (Å²) in [4.78, 5) is 12.4. The van der Waals surface area contributed by atoms with Gasteiger partial charge in [0.1, 0.15) is 11.6 Å². The summed E-state index contributed by atoms with van der Waals surface area (Å²) in [6.45, 7) is 4.89. The van der Waals surface area contributed by atoms with Crippen LogP contribution < -0.4 is 5.32 Å². The number of hydrogen-bond donors (Lipinski definition) is 1. The number of nitrogens with zero attached hydrogens (tertiary/aromatic N) is 3. The molecule has 0 aliphatic heterocycles. The Bertz CT molecular complexity index is 928. The van der Waals surface area contributed by atoms with Gasteiger partial charge >= 0.3 is 0 Å². The van der Waals surface area contributed by atoms with E-state index in [-0.39, 0.29) is 11.7 Å². The molecule has 1 N–H and O–H groups in total. The van der Waals surface area contributed by atoms with E-state index in [0.29, 0.717) is 18.4 Å². The molecule has 0 bridgehead atoms. The number of furan rings is 1. The second-order valence-electron chi connectivity index (χ2n) is 7.39. The van der Waals surface area contributed by atoms with Gasteiger partial charge in [-0.25, -0.2) is 0 Å². The third kappa shape index (κ3) is 4.47. The molecule has 0 spiro atoms. The molecule has 2 heterocycles. The Balaban J connectivity index is 1.39. The summed E-state index contributed by atoms with van der Waals surface area (Å²) < 4.78 is 7.56. The highest BCUT2D eigenvalue weighted by molar-refractivity contribution is 7.99. The van der Waals surface area contributed by atoms with Gasteiger partial charge in [-0.05, 0) is 48.6 Å². The summed E-state index contributed by atoms with van der Waals surface area (Å²) >= 11 is 1.41. The van der Waals surface area contributed by atoms with Crippen LogP contribution in [-0.4, -0.2) is 26.4 Å². The highest BCUT2D eigenvalue weighted by Gasteiger charge is 2.30. The molecule has 1 fully saturated rings. The quantitative estimate of drug-likeness (QED) is 0.561. The minimum Gasteiger partial charge on any atom is -0.467 e. The fourth-order valence-electron chi connectivity index (χ4n) is 3.04. The number of anilines is 1. The zero-order valence-corrected chi connectivity index (χ0v) is 16.9. The summed E-state index contributed by atoms with van der Waals surface area (Å²) in [6.07, 6.45) is 3.96. The Kier molecular flexibility index (Phi) is 5.52. The van der Waals surface area contributed by atoms with E-state index in [2.05, 4.69) is 46.1 Å². The van der Waals surface area contributed by atoms with Crippen LogP contribution in [0.3, 0.4) is 0 Å². The molecule has 1 saturated carbocycles. The van der Waals surface area contributed by atoms with Gasteiger partial charge in [-0.1, -0.05) is 37.7 Å². The van der Waals surface area contributed by atoms with Crippen molar-refractivity contribution in [3.05, 3.63) is 59.8 Å². The molecule has 2 aromatic heterocycles. The highest BCUT2D eigenvalue weighted by atomic mass is 32.2. The zero-order valence-electron chi connectivity index (χ0n) is 16.1. The Labute approximate surface area is 168 Å². The van der Waals surface area contributed by atoms with Gasteiger partial charge in [-0.3, -0.25) is 9.36 Å². The molecule has 0 saturated heterocycles. The summed E-state index contributed by atoms with van der Waals surface area (Å²) in [5.74, 6) is 3.03. The van der Waals surface area contributed by atoms with Crippen molar-refractivity contribution in [3.63, 3.8) is 0 Å². The van der Waals surface area contributed by atoms with Gasteiger partial charge in [-0.15, -0.1) is 10.2 Å². The van der Waals surface area contributed by atoms with Crippen LogP contribution in [0.25, 0.3) is 0 Å². The maximum atomic E-state index is 12.4. The second-order valence-corrected chi connectivity index (χ2v) is 8.34. The molecule has 3 aromatic rings. The maximum Gasteiger partial charge on any atom is 0.234 e. The van der Waals surface area contributed by atoms with Gasteiger partial charge in [0.2, 0.25) is 5.91 Å². The lowest BCUT2D eigenvalue weighted by molar-refractivity contribution is -0.113. The Morgan fingerprint density at radius 1 is 1.25 bits per heavy atom. The molecule has 1 amide bonds. The Hall–Kier alpha value is -2.54. The van der Waals surface area contributed by atoms with Gasteiger partial charge < -0.3 is 9.73 Å². The molecule has 7 heteroatoms. The fraction of sp³-hybridized carbons (Fsp3) is 0.381. The molecule has 6 nitrogen and oxygen atoms in total. The van der Waals surface area contributed by atoms with Crippen molar-refractivity contribution in [1.82, 2.24) is 14.8 Å². The number of benzene rings is 1. The number of rotatable bonds is 8. The molecule has 28 heavy (non-hydrogen) atoms. The summed E-state index contributed by atoms with van der Waals surface area (Å²) in [6, 6.07) is 11.8. The van der Waals surface area contributed by atoms with Crippen molar-refractivity contribution in [2.75, 3.05) is 11.1 Å². The number of amides is 1. The van der Waals surface area contributed by atoms with E-state index in [0.717, 1.165) is 35.3 Å². The molecular formula is C21H24N4O2S. The van der Waals surface area contributed by atoms with E-state index in [1.165, 1.54) is 17.3 Å². The highest BCUT2D eigenvalue weighted by Crippen LogP contribution is 2.40. The molecule has 0 atom stereocenters.